The maximum Gasteiger partial charge on any atom is 0.511 e. The van der Waals surface area contributed by atoms with Crippen LogP contribution in [0, 0.1) is 6.92 Å². The highest BCUT2D eigenvalue weighted by atomic mass is 16.7. The summed E-state index contributed by atoms with van der Waals surface area (Å²) in [5.74, 6) is 0.274. The Hall–Kier alpha value is -3.73. The van der Waals surface area contributed by atoms with Gasteiger partial charge in [-0.05, 0) is 47.0 Å². The summed E-state index contributed by atoms with van der Waals surface area (Å²) >= 11 is 0. The molecule has 0 saturated carbocycles. The predicted octanol–water partition coefficient (Wildman–Crippen LogP) is 5.64. The van der Waals surface area contributed by atoms with Gasteiger partial charge in [0.1, 0.15) is 12.4 Å². The molecule has 5 heteroatoms. The van der Waals surface area contributed by atoms with E-state index in [9.17, 15) is 9.90 Å². The monoisotopic (exact) mass is 374 g/mol. The van der Waals surface area contributed by atoms with Gasteiger partial charge in [0.15, 0.2) is 11.5 Å². The van der Waals surface area contributed by atoms with Crippen molar-refractivity contribution in [1.82, 2.24) is 0 Å². The van der Waals surface area contributed by atoms with Crippen LogP contribution in [0.4, 0.5) is 4.79 Å². The van der Waals surface area contributed by atoms with Crippen LogP contribution in [0.3, 0.4) is 0 Å². The number of hydrogen-bond donors (Lipinski definition) is 2. The SMILES string of the molecule is Cc1cccc2c1c(O)c(OC(=O)O)c1cc(OCc3ccccc3)ccc12. The lowest BCUT2D eigenvalue weighted by Crippen LogP contribution is -2.04. The third kappa shape index (κ3) is 3.18. The summed E-state index contributed by atoms with van der Waals surface area (Å²) in [7, 11) is 0. The Kier molecular flexibility index (Phi) is 4.49. The minimum atomic E-state index is -1.49. The third-order valence-corrected chi connectivity index (χ3v) is 4.69. The molecule has 0 fully saturated rings. The van der Waals surface area contributed by atoms with Crippen molar-refractivity contribution in [1.29, 1.82) is 0 Å². The van der Waals surface area contributed by atoms with Crippen molar-refractivity contribution in [2.45, 2.75) is 13.5 Å². The van der Waals surface area contributed by atoms with Crippen LogP contribution >= 0.6 is 0 Å². The minimum absolute atomic E-state index is 0.0885. The van der Waals surface area contributed by atoms with Crippen molar-refractivity contribution in [2.24, 2.45) is 0 Å². The Balaban J connectivity index is 1.86. The van der Waals surface area contributed by atoms with Gasteiger partial charge in [-0.15, -0.1) is 0 Å². The summed E-state index contributed by atoms with van der Waals surface area (Å²) in [4.78, 5) is 11.2. The molecule has 0 amide bonds. The van der Waals surface area contributed by atoms with Gasteiger partial charge in [-0.25, -0.2) is 4.79 Å². The molecule has 5 nitrogen and oxygen atoms in total. The maximum absolute atomic E-state index is 11.2. The first-order chi connectivity index (χ1) is 13.5. The van der Waals surface area contributed by atoms with E-state index in [0.717, 1.165) is 21.9 Å². The second kappa shape index (κ2) is 7.12. The zero-order valence-electron chi connectivity index (χ0n) is 15.2. The molecule has 0 aliphatic heterocycles. The Morgan fingerprint density at radius 3 is 2.46 bits per heavy atom. The second-order valence-corrected chi connectivity index (χ2v) is 6.52. The molecule has 0 bridgehead atoms. The highest BCUT2D eigenvalue weighted by Crippen LogP contribution is 2.45. The van der Waals surface area contributed by atoms with Crippen molar-refractivity contribution in [3.63, 3.8) is 0 Å². The number of phenols is 1. The number of aryl methyl sites for hydroxylation is 1. The molecule has 4 aromatic rings. The van der Waals surface area contributed by atoms with Crippen molar-refractivity contribution >= 4 is 27.7 Å². The molecule has 0 unspecified atom stereocenters. The van der Waals surface area contributed by atoms with Crippen LogP contribution in [0.15, 0.2) is 66.7 Å². The third-order valence-electron chi connectivity index (χ3n) is 4.69. The minimum Gasteiger partial charge on any atom is -0.504 e. The van der Waals surface area contributed by atoms with Crippen LogP contribution in [0.2, 0.25) is 0 Å². The average Bonchev–Trinajstić information content (AvgIpc) is 2.70. The maximum atomic E-state index is 11.2. The molecule has 4 aromatic carbocycles. The van der Waals surface area contributed by atoms with Crippen molar-refractivity contribution in [3.05, 3.63) is 77.9 Å². The van der Waals surface area contributed by atoms with E-state index in [1.807, 2.05) is 67.6 Å². The molecule has 0 aliphatic carbocycles. The van der Waals surface area contributed by atoms with Gasteiger partial charge in [0, 0.05) is 10.8 Å². The number of carbonyl (C=O) groups is 1. The zero-order chi connectivity index (χ0) is 19.7. The molecule has 0 spiro atoms. The smallest absolute Gasteiger partial charge is 0.504 e. The summed E-state index contributed by atoms with van der Waals surface area (Å²) in [5, 5.41) is 22.5. The molecule has 0 heterocycles. The van der Waals surface area contributed by atoms with Crippen molar-refractivity contribution in [2.75, 3.05) is 0 Å². The Morgan fingerprint density at radius 2 is 1.71 bits per heavy atom. The first kappa shape index (κ1) is 17.7. The van der Waals surface area contributed by atoms with Gasteiger partial charge in [0.05, 0.1) is 0 Å². The first-order valence-electron chi connectivity index (χ1n) is 8.80. The molecular formula is C23H18O5. The molecule has 140 valence electrons. The van der Waals surface area contributed by atoms with Crippen LogP contribution < -0.4 is 9.47 Å². The van der Waals surface area contributed by atoms with E-state index in [-0.39, 0.29) is 11.5 Å². The van der Waals surface area contributed by atoms with Gasteiger partial charge in [-0.3, -0.25) is 0 Å². The van der Waals surface area contributed by atoms with Gasteiger partial charge < -0.3 is 19.7 Å². The van der Waals surface area contributed by atoms with Gasteiger partial charge in [-0.2, -0.15) is 0 Å². The fraction of sp³-hybridized carbons (Fsp3) is 0.0870. The Morgan fingerprint density at radius 1 is 0.929 bits per heavy atom. The quantitative estimate of drug-likeness (QED) is 0.274. The normalized spacial score (nSPS) is 10.9. The molecular weight excluding hydrogens is 356 g/mol. The van der Waals surface area contributed by atoms with Crippen LogP contribution in [-0.4, -0.2) is 16.4 Å². The van der Waals surface area contributed by atoms with Crippen LogP contribution in [0.25, 0.3) is 21.5 Å². The van der Waals surface area contributed by atoms with Gasteiger partial charge in [-0.1, -0.05) is 48.5 Å². The number of benzene rings is 4. The van der Waals surface area contributed by atoms with E-state index in [0.29, 0.717) is 23.1 Å². The fourth-order valence-corrected chi connectivity index (χ4v) is 3.42. The fourth-order valence-electron chi connectivity index (χ4n) is 3.42. The summed E-state index contributed by atoms with van der Waals surface area (Å²) < 4.78 is 10.8. The van der Waals surface area contributed by atoms with Gasteiger partial charge in [0.2, 0.25) is 0 Å². The number of carboxylic acid groups (broad SMARTS) is 1. The van der Waals surface area contributed by atoms with Gasteiger partial charge in [0.25, 0.3) is 0 Å². The average molecular weight is 374 g/mol. The molecule has 0 aromatic heterocycles. The molecule has 0 atom stereocenters. The van der Waals surface area contributed by atoms with E-state index >= 15 is 0 Å². The van der Waals surface area contributed by atoms with E-state index < -0.39 is 6.16 Å². The lowest BCUT2D eigenvalue weighted by molar-refractivity contribution is 0.143. The summed E-state index contributed by atoms with van der Waals surface area (Å²) in [6.07, 6.45) is -1.49. The highest BCUT2D eigenvalue weighted by molar-refractivity contribution is 6.15. The molecule has 2 N–H and O–H groups in total. The lowest BCUT2D eigenvalue weighted by atomic mass is 9.97. The molecule has 0 radical (unpaired) electrons. The molecule has 0 saturated heterocycles. The molecule has 28 heavy (non-hydrogen) atoms. The Labute approximate surface area is 161 Å². The summed E-state index contributed by atoms with van der Waals surface area (Å²) in [6.45, 7) is 2.23. The molecule has 0 aliphatic rings. The second-order valence-electron chi connectivity index (χ2n) is 6.52. The lowest BCUT2D eigenvalue weighted by Gasteiger charge is -2.15. The number of ether oxygens (including phenoxy) is 2. The Bertz CT molecular complexity index is 1180. The van der Waals surface area contributed by atoms with Crippen LogP contribution in [0.1, 0.15) is 11.1 Å². The standard InChI is InChI=1S/C23H18O5/c1-14-6-5-9-18-17-11-10-16(27-13-15-7-3-2-4-8-15)12-19(17)22(28-23(25)26)21(24)20(14)18/h2-12,24H,13H2,1H3,(H,25,26). The largest absolute Gasteiger partial charge is 0.511 e. The van der Waals surface area contributed by atoms with Crippen molar-refractivity contribution in [3.8, 4) is 17.2 Å². The molecule has 4 rings (SSSR count). The highest BCUT2D eigenvalue weighted by Gasteiger charge is 2.19. The summed E-state index contributed by atoms with van der Waals surface area (Å²) in [5.41, 5.74) is 1.85. The van der Waals surface area contributed by atoms with Crippen LogP contribution in [0.5, 0.6) is 17.2 Å². The van der Waals surface area contributed by atoms with E-state index in [1.54, 1.807) is 6.07 Å². The van der Waals surface area contributed by atoms with Crippen LogP contribution in [-0.2, 0) is 6.61 Å². The van der Waals surface area contributed by atoms with E-state index in [2.05, 4.69) is 0 Å². The summed E-state index contributed by atoms with van der Waals surface area (Å²) in [6, 6.07) is 20.7. The number of hydrogen-bond acceptors (Lipinski definition) is 4. The first-order valence-corrected chi connectivity index (χ1v) is 8.80. The number of rotatable bonds is 4. The van der Waals surface area contributed by atoms with Gasteiger partial charge >= 0.3 is 6.16 Å². The predicted molar refractivity (Wildman–Crippen MR) is 107 cm³/mol. The van der Waals surface area contributed by atoms with E-state index in [1.165, 1.54) is 0 Å². The zero-order valence-corrected chi connectivity index (χ0v) is 15.2. The topological polar surface area (TPSA) is 76.0 Å². The van der Waals surface area contributed by atoms with Crippen molar-refractivity contribution < 1.29 is 24.5 Å². The number of fused-ring (bicyclic) bond motifs is 3. The number of aromatic hydroxyl groups is 1. The number of phenolic OH excluding ortho intramolecular Hbond substituents is 1. The van der Waals surface area contributed by atoms with E-state index in [4.69, 9.17) is 14.6 Å².